The van der Waals surface area contributed by atoms with E-state index in [0.29, 0.717) is 12.4 Å². The van der Waals surface area contributed by atoms with Crippen molar-refractivity contribution in [1.29, 1.82) is 0 Å². The molecule has 3 heterocycles. The highest BCUT2D eigenvalue weighted by Crippen LogP contribution is 2.38. The van der Waals surface area contributed by atoms with Crippen LogP contribution in [0.3, 0.4) is 0 Å². The summed E-state index contributed by atoms with van der Waals surface area (Å²) < 4.78 is 5.53. The molecule has 2 aromatic heterocycles. The number of hydrogen-bond acceptors (Lipinski definition) is 6. The van der Waals surface area contributed by atoms with Gasteiger partial charge >= 0.3 is 0 Å². The second-order valence-corrected chi connectivity index (χ2v) is 8.16. The Hall–Kier alpha value is -2.12. The Bertz CT molecular complexity index is 934. The summed E-state index contributed by atoms with van der Waals surface area (Å²) in [6.07, 6.45) is 3.81. The molecule has 1 aliphatic heterocycles. The van der Waals surface area contributed by atoms with Gasteiger partial charge in [-0.15, -0.1) is 11.3 Å². The highest BCUT2D eigenvalue weighted by Gasteiger charge is 2.20. The molecule has 3 aromatic rings. The van der Waals surface area contributed by atoms with Crippen molar-refractivity contribution in [3.8, 4) is 16.9 Å². The molecule has 1 fully saturated rings. The van der Waals surface area contributed by atoms with Gasteiger partial charge in [-0.25, -0.2) is 9.97 Å². The number of benzene rings is 1. The fraction of sp³-hybridized carbons (Fsp3) is 0.350. The molecule has 0 bridgehead atoms. The molecule has 1 saturated heterocycles. The van der Waals surface area contributed by atoms with Crippen LogP contribution in [0.15, 0.2) is 41.0 Å². The summed E-state index contributed by atoms with van der Waals surface area (Å²) in [5.41, 5.74) is 2.21. The summed E-state index contributed by atoms with van der Waals surface area (Å²) in [5.74, 6) is 1.48. The van der Waals surface area contributed by atoms with Crippen molar-refractivity contribution >= 4 is 39.2 Å². The van der Waals surface area contributed by atoms with Crippen LogP contribution in [-0.4, -0.2) is 46.2 Å². The first kappa shape index (κ1) is 18.3. The summed E-state index contributed by atoms with van der Waals surface area (Å²) in [7, 11) is 0. The molecule has 140 valence electrons. The van der Waals surface area contributed by atoms with Gasteiger partial charge in [0, 0.05) is 24.0 Å². The van der Waals surface area contributed by atoms with E-state index in [4.69, 9.17) is 4.74 Å². The molecule has 0 spiro atoms. The molecule has 7 heteroatoms. The van der Waals surface area contributed by atoms with E-state index in [1.165, 1.54) is 11.8 Å². The number of hydrogen-bond donors (Lipinski definition) is 0. The van der Waals surface area contributed by atoms with Crippen LogP contribution in [0.25, 0.3) is 21.3 Å². The molecule has 1 amide bonds. The number of likely N-dealkylation sites (tertiary alicyclic amines) is 1. The number of fused-ring (bicyclic) bond motifs is 1. The maximum Gasteiger partial charge on any atom is 0.232 e. The topological polar surface area (TPSA) is 55.3 Å². The van der Waals surface area contributed by atoms with Gasteiger partial charge in [0.25, 0.3) is 0 Å². The van der Waals surface area contributed by atoms with Crippen molar-refractivity contribution in [3.63, 3.8) is 0 Å². The van der Waals surface area contributed by atoms with Crippen molar-refractivity contribution in [2.45, 2.75) is 24.8 Å². The van der Waals surface area contributed by atoms with E-state index < -0.39 is 0 Å². The van der Waals surface area contributed by atoms with Crippen molar-refractivity contribution in [2.75, 3.05) is 25.4 Å². The SMILES string of the molecule is CCOc1ccc(-c2csc3ncnc(SCC(=O)N4CCCC4)c23)cc1. The molecule has 0 saturated carbocycles. The molecule has 0 unspecified atom stereocenters. The van der Waals surface area contributed by atoms with E-state index in [0.717, 1.165) is 58.1 Å². The van der Waals surface area contributed by atoms with E-state index in [1.807, 2.05) is 24.0 Å². The predicted molar refractivity (Wildman–Crippen MR) is 111 cm³/mol. The van der Waals surface area contributed by atoms with Crippen LogP contribution < -0.4 is 4.74 Å². The lowest BCUT2D eigenvalue weighted by molar-refractivity contribution is -0.127. The minimum absolute atomic E-state index is 0.196. The van der Waals surface area contributed by atoms with E-state index in [-0.39, 0.29) is 5.91 Å². The zero-order valence-electron chi connectivity index (χ0n) is 15.2. The minimum Gasteiger partial charge on any atom is -0.494 e. The third kappa shape index (κ3) is 3.94. The maximum atomic E-state index is 12.4. The van der Waals surface area contributed by atoms with Crippen molar-refractivity contribution in [2.24, 2.45) is 0 Å². The fourth-order valence-electron chi connectivity index (χ4n) is 3.25. The Morgan fingerprint density at radius 2 is 2.00 bits per heavy atom. The van der Waals surface area contributed by atoms with Crippen LogP contribution in [0.2, 0.25) is 0 Å². The van der Waals surface area contributed by atoms with Crippen LogP contribution in [0.4, 0.5) is 0 Å². The first-order valence-corrected chi connectivity index (χ1v) is 11.0. The lowest BCUT2D eigenvalue weighted by atomic mass is 10.1. The van der Waals surface area contributed by atoms with Crippen LogP contribution in [0.5, 0.6) is 5.75 Å². The zero-order valence-corrected chi connectivity index (χ0v) is 16.8. The summed E-state index contributed by atoms with van der Waals surface area (Å²) in [5, 5.41) is 4.02. The number of nitrogens with zero attached hydrogens (tertiary/aromatic N) is 3. The molecule has 0 aliphatic carbocycles. The molecule has 0 N–H and O–H groups in total. The maximum absolute atomic E-state index is 12.4. The van der Waals surface area contributed by atoms with Gasteiger partial charge in [-0.1, -0.05) is 23.9 Å². The summed E-state index contributed by atoms with van der Waals surface area (Å²) in [4.78, 5) is 24.2. The number of rotatable bonds is 6. The quantitative estimate of drug-likeness (QED) is 0.452. The lowest BCUT2D eigenvalue weighted by Crippen LogP contribution is -2.29. The van der Waals surface area contributed by atoms with Gasteiger partial charge in [-0.05, 0) is 37.5 Å². The van der Waals surface area contributed by atoms with Crippen LogP contribution in [0, 0.1) is 0 Å². The van der Waals surface area contributed by atoms with Crippen LogP contribution >= 0.6 is 23.1 Å². The predicted octanol–water partition coefficient (Wildman–Crippen LogP) is 4.47. The first-order chi connectivity index (χ1) is 13.3. The zero-order chi connectivity index (χ0) is 18.6. The van der Waals surface area contributed by atoms with Gasteiger partial charge < -0.3 is 9.64 Å². The standard InChI is InChI=1S/C20H21N3O2S2/c1-2-25-15-7-5-14(6-8-15)16-11-26-19-18(16)20(22-13-21-19)27-12-17(24)23-9-3-4-10-23/h5-8,11,13H,2-4,9-10,12H2,1H3. The second kappa shape index (κ2) is 8.27. The Balaban J connectivity index is 1.60. The number of aromatic nitrogens is 2. The van der Waals surface area contributed by atoms with E-state index in [9.17, 15) is 4.79 Å². The fourth-order valence-corrected chi connectivity index (χ4v) is 5.15. The molecule has 4 rings (SSSR count). The highest BCUT2D eigenvalue weighted by molar-refractivity contribution is 8.00. The second-order valence-electron chi connectivity index (χ2n) is 6.34. The Kier molecular flexibility index (Phi) is 5.59. The van der Waals surface area contributed by atoms with E-state index >= 15 is 0 Å². The molecule has 27 heavy (non-hydrogen) atoms. The normalized spacial score (nSPS) is 14.0. The van der Waals surface area contributed by atoms with Gasteiger partial charge in [0.15, 0.2) is 0 Å². The molecule has 1 aromatic carbocycles. The van der Waals surface area contributed by atoms with Crippen molar-refractivity contribution in [1.82, 2.24) is 14.9 Å². The number of thioether (sulfide) groups is 1. The molecular weight excluding hydrogens is 378 g/mol. The first-order valence-electron chi connectivity index (χ1n) is 9.12. The number of amides is 1. The van der Waals surface area contributed by atoms with Gasteiger partial charge in [0.05, 0.1) is 17.7 Å². The van der Waals surface area contributed by atoms with Crippen molar-refractivity contribution < 1.29 is 9.53 Å². The molecule has 0 radical (unpaired) electrons. The lowest BCUT2D eigenvalue weighted by Gasteiger charge is -2.14. The van der Waals surface area contributed by atoms with Crippen molar-refractivity contribution in [3.05, 3.63) is 36.0 Å². The average molecular weight is 400 g/mol. The number of carbonyl (C=O) groups excluding carboxylic acids is 1. The minimum atomic E-state index is 0.196. The average Bonchev–Trinajstić information content (AvgIpc) is 3.37. The molecule has 0 atom stereocenters. The molecule has 5 nitrogen and oxygen atoms in total. The Labute approximate surface area is 166 Å². The third-order valence-electron chi connectivity index (χ3n) is 4.60. The number of carbonyl (C=O) groups is 1. The Morgan fingerprint density at radius 1 is 1.22 bits per heavy atom. The van der Waals surface area contributed by atoms with Gasteiger partial charge in [-0.3, -0.25) is 4.79 Å². The molecule has 1 aliphatic rings. The van der Waals surface area contributed by atoms with Gasteiger partial charge in [-0.2, -0.15) is 0 Å². The smallest absolute Gasteiger partial charge is 0.232 e. The van der Waals surface area contributed by atoms with Gasteiger partial charge in [0.2, 0.25) is 5.91 Å². The number of ether oxygens (including phenoxy) is 1. The third-order valence-corrected chi connectivity index (χ3v) is 6.46. The monoisotopic (exact) mass is 399 g/mol. The number of thiophene rings is 1. The largest absolute Gasteiger partial charge is 0.494 e. The summed E-state index contributed by atoms with van der Waals surface area (Å²) in [6.45, 7) is 4.40. The Morgan fingerprint density at radius 3 is 2.74 bits per heavy atom. The van der Waals surface area contributed by atoms with Crippen LogP contribution in [0.1, 0.15) is 19.8 Å². The summed E-state index contributed by atoms with van der Waals surface area (Å²) in [6, 6.07) is 8.08. The van der Waals surface area contributed by atoms with Crippen LogP contribution in [-0.2, 0) is 4.79 Å². The van der Waals surface area contributed by atoms with E-state index in [1.54, 1.807) is 17.7 Å². The molecular formula is C20H21N3O2S2. The highest BCUT2D eigenvalue weighted by atomic mass is 32.2. The van der Waals surface area contributed by atoms with Gasteiger partial charge in [0.1, 0.15) is 21.9 Å². The summed E-state index contributed by atoms with van der Waals surface area (Å²) >= 11 is 3.12. The van der Waals surface area contributed by atoms with E-state index in [2.05, 4.69) is 27.5 Å².